The summed E-state index contributed by atoms with van der Waals surface area (Å²) in [7, 11) is 0. The molecule has 0 fully saturated rings. The third-order valence-electron chi connectivity index (χ3n) is 2.85. The normalized spacial score (nSPS) is 11.9. The van der Waals surface area contributed by atoms with Crippen molar-refractivity contribution in [2.75, 3.05) is 13.2 Å². The first-order valence-electron chi connectivity index (χ1n) is 6.86. The van der Waals surface area contributed by atoms with Crippen LogP contribution in [0.5, 0.6) is 5.75 Å². The van der Waals surface area contributed by atoms with Crippen LogP contribution < -0.4 is 15.8 Å². The van der Waals surface area contributed by atoms with Crippen LogP contribution in [0.1, 0.15) is 31.7 Å². The average Bonchev–Trinajstić information content (AvgIpc) is 2.40. The van der Waals surface area contributed by atoms with E-state index in [9.17, 15) is 4.79 Å². The van der Waals surface area contributed by atoms with Crippen molar-refractivity contribution in [1.29, 1.82) is 0 Å². The van der Waals surface area contributed by atoms with Crippen molar-refractivity contribution < 1.29 is 9.53 Å². The largest absolute Gasteiger partial charge is 0.494 e. The molecule has 0 bridgehead atoms. The number of ether oxygens (including phenoxy) is 1. The molecule has 1 unspecified atom stereocenters. The Bertz CT molecular complexity index is 376. The summed E-state index contributed by atoms with van der Waals surface area (Å²) in [4.78, 5) is 11.5. The van der Waals surface area contributed by atoms with Crippen molar-refractivity contribution >= 4 is 5.91 Å². The van der Waals surface area contributed by atoms with Gasteiger partial charge in [-0.05, 0) is 31.9 Å². The highest BCUT2D eigenvalue weighted by atomic mass is 16.5. The lowest BCUT2D eigenvalue weighted by Crippen LogP contribution is -2.41. The SMILES string of the molecule is CCCC(N)C(=O)NCCCOc1ccc(C)cc1. The number of benzene rings is 1. The monoisotopic (exact) mass is 264 g/mol. The van der Waals surface area contributed by atoms with E-state index in [2.05, 4.69) is 5.32 Å². The second-order valence-corrected chi connectivity index (χ2v) is 4.70. The predicted molar refractivity (Wildman–Crippen MR) is 77.2 cm³/mol. The zero-order valence-electron chi connectivity index (χ0n) is 11.8. The number of amides is 1. The van der Waals surface area contributed by atoms with Crippen LogP contribution in [-0.2, 0) is 4.79 Å². The van der Waals surface area contributed by atoms with E-state index in [-0.39, 0.29) is 11.9 Å². The van der Waals surface area contributed by atoms with Gasteiger partial charge >= 0.3 is 0 Å². The third kappa shape index (κ3) is 6.25. The molecule has 0 aliphatic carbocycles. The summed E-state index contributed by atoms with van der Waals surface area (Å²) in [5, 5.41) is 2.82. The van der Waals surface area contributed by atoms with E-state index in [1.165, 1.54) is 5.56 Å². The van der Waals surface area contributed by atoms with Gasteiger partial charge in [0.15, 0.2) is 0 Å². The molecule has 0 heterocycles. The first kappa shape index (κ1) is 15.5. The zero-order chi connectivity index (χ0) is 14.1. The van der Waals surface area contributed by atoms with E-state index in [4.69, 9.17) is 10.5 Å². The molecular formula is C15H24N2O2. The molecule has 0 aliphatic heterocycles. The minimum atomic E-state index is -0.386. The van der Waals surface area contributed by atoms with Crippen LogP contribution in [-0.4, -0.2) is 25.1 Å². The highest BCUT2D eigenvalue weighted by Crippen LogP contribution is 2.11. The van der Waals surface area contributed by atoms with E-state index in [1.54, 1.807) is 0 Å². The number of rotatable bonds is 8. The highest BCUT2D eigenvalue weighted by molar-refractivity contribution is 5.81. The number of nitrogens with two attached hydrogens (primary N) is 1. The Morgan fingerprint density at radius 3 is 2.68 bits per heavy atom. The second kappa shape index (κ2) is 8.53. The summed E-state index contributed by atoms with van der Waals surface area (Å²) in [5.41, 5.74) is 6.92. The van der Waals surface area contributed by atoms with Gasteiger partial charge in [0.1, 0.15) is 5.75 Å². The van der Waals surface area contributed by atoms with E-state index in [0.717, 1.165) is 25.0 Å². The molecule has 0 aromatic heterocycles. The van der Waals surface area contributed by atoms with Crippen molar-refractivity contribution in [3.63, 3.8) is 0 Å². The standard InChI is InChI=1S/C15H24N2O2/c1-3-5-14(16)15(18)17-10-4-11-19-13-8-6-12(2)7-9-13/h6-9,14H,3-5,10-11,16H2,1-2H3,(H,17,18). The van der Waals surface area contributed by atoms with Gasteiger partial charge in [-0.25, -0.2) is 0 Å². The molecule has 0 radical (unpaired) electrons. The van der Waals surface area contributed by atoms with Crippen molar-refractivity contribution in [3.05, 3.63) is 29.8 Å². The number of hydrogen-bond donors (Lipinski definition) is 2. The summed E-state index contributed by atoms with van der Waals surface area (Å²) in [6, 6.07) is 7.54. The maximum absolute atomic E-state index is 11.5. The lowest BCUT2D eigenvalue weighted by Gasteiger charge is -2.11. The molecular weight excluding hydrogens is 240 g/mol. The van der Waals surface area contributed by atoms with Gasteiger partial charge in [-0.1, -0.05) is 31.0 Å². The first-order valence-corrected chi connectivity index (χ1v) is 6.86. The second-order valence-electron chi connectivity index (χ2n) is 4.70. The Morgan fingerprint density at radius 1 is 1.37 bits per heavy atom. The summed E-state index contributed by atoms with van der Waals surface area (Å²) >= 11 is 0. The van der Waals surface area contributed by atoms with Gasteiger partial charge in [-0.3, -0.25) is 4.79 Å². The van der Waals surface area contributed by atoms with Crippen LogP contribution in [0.15, 0.2) is 24.3 Å². The Hall–Kier alpha value is -1.55. The third-order valence-corrected chi connectivity index (χ3v) is 2.85. The molecule has 1 atom stereocenters. The van der Waals surface area contributed by atoms with Crippen molar-refractivity contribution in [3.8, 4) is 5.75 Å². The average molecular weight is 264 g/mol. The van der Waals surface area contributed by atoms with E-state index in [0.29, 0.717) is 13.2 Å². The fourth-order valence-corrected chi connectivity index (χ4v) is 1.68. The summed E-state index contributed by atoms with van der Waals surface area (Å²) < 4.78 is 5.57. The molecule has 0 aliphatic rings. The fraction of sp³-hybridized carbons (Fsp3) is 0.533. The maximum atomic E-state index is 11.5. The molecule has 1 aromatic carbocycles. The lowest BCUT2D eigenvalue weighted by atomic mass is 10.2. The molecule has 4 nitrogen and oxygen atoms in total. The van der Waals surface area contributed by atoms with Crippen molar-refractivity contribution in [2.45, 2.75) is 39.2 Å². The highest BCUT2D eigenvalue weighted by Gasteiger charge is 2.10. The number of hydrogen-bond acceptors (Lipinski definition) is 3. The van der Waals surface area contributed by atoms with Crippen molar-refractivity contribution in [1.82, 2.24) is 5.32 Å². The minimum Gasteiger partial charge on any atom is -0.494 e. The number of carbonyl (C=O) groups is 1. The molecule has 0 saturated heterocycles. The van der Waals surface area contributed by atoms with Crippen LogP contribution >= 0.6 is 0 Å². The summed E-state index contributed by atoms with van der Waals surface area (Å²) in [6.07, 6.45) is 2.43. The maximum Gasteiger partial charge on any atom is 0.236 e. The van der Waals surface area contributed by atoms with Crippen molar-refractivity contribution in [2.24, 2.45) is 5.73 Å². The molecule has 0 saturated carbocycles. The molecule has 1 rings (SSSR count). The number of aryl methyl sites for hydroxylation is 1. The van der Waals surface area contributed by atoms with Gasteiger partial charge in [-0.15, -0.1) is 0 Å². The smallest absolute Gasteiger partial charge is 0.236 e. The molecule has 1 aromatic rings. The van der Waals surface area contributed by atoms with Gasteiger partial charge in [-0.2, -0.15) is 0 Å². The van der Waals surface area contributed by atoms with Crippen LogP contribution in [0.2, 0.25) is 0 Å². The molecule has 106 valence electrons. The molecule has 0 spiro atoms. The Balaban J connectivity index is 2.11. The predicted octanol–water partition coefficient (Wildman–Crippen LogP) is 2.01. The zero-order valence-corrected chi connectivity index (χ0v) is 11.8. The Labute approximate surface area is 115 Å². The van der Waals surface area contributed by atoms with E-state index >= 15 is 0 Å². The molecule has 1 amide bonds. The van der Waals surface area contributed by atoms with Crippen LogP contribution in [0.4, 0.5) is 0 Å². The molecule has 19 heavy (non-hydrogen) atoms. The van der Waals surface area contributed by atoms with Crippen LogP contribution in [0.3, 0.4) is 0 Å². The molecule has 3 N–H and O–H groups in total. The minimum absolute atomic E-state index is 0.0721. The Morgan fingerprint density at radius 2 is 2.05 bits per heavy atom. The van der Waals surface area contributed by atoms with Gasteiger partial charge < -0.3 is 15.8 Å². The fourth-order valence-electron chi connectivity index (χ4n) is 1.68. The lowest BCUT2D eigenvalue weighted by molar-refractivity contribution is -0.122. The van der Waals surface area contributed by atoms with E-state index in [1.807, 2.05) is 38.1 Å². The molecule has 4 heteroatoms. The topological polar surface area (TPSA) is 64.4 Å². The summed E-state index contributed by atoms with van der Waals surface area (Å²) in [5.74, 6) is 0.789. The van der Waals surface area contributed by atoms with Gasteiger partial charge in [0, 0.05) is 6.54 Å². The van der Waals surface area contributed by atoms with Crippen LogP contribution in [0, 0.1) is 6.92 Å². The first-order chi connectivity index (χ1) is 9.13. The summed E-state index contributed by atoms with van der Waals surface area (Å²) in [6.45, 7) is 5.25. The quantitative estimate of drug-likeness (QED) is 0.706. The Kier molecular flexibility index (Phi) is 6.97. The van der Waals surface area contributed by atoms with E-state index < -0.39 is 0 Å². The number of nitrogens with one attached hydrogen (secondary N) is 1. The number of carbonyl (C=O) groups excluding carboxylic acids is 1. The van der Waals surface area contributed by atoms with Gasteiger partial charge in [0.25, 0.3) is 0 Å². The van der Waals surface area contributed by atoms with Gasteiger partial charge in [0.2, 0.25) is 5.91 Å². The van der Waals surface area contributed by atoms with Gasteiger partial charge in [0.05, 0.1) is 12.6 Å². The van der Waals surface area contributed by atoms with Crippen LogP contribution in [0.25, 0.3) is 0 Å².